The highest BCUT2D eigenvalue weighted by molar-refractivity contribution is 5.42. The van der Waals surface area contributed by atoms with Gasteiger partial charge in [-0.25, -0.2) is 4.98 Å². The van der Waals surface area contributed by atoms with Crippen molar-refractivity contribution in [3.8, 4) is 6.07 Å². The molecule has 4 heteroatoms. The second kappa shape index (κ2) is 4.49. The molecule has 0 saturated carbocycles. The summed E-state index contributed by atoms with van der Waals surface area (Å²) in [6.45, 7) is 2.52. The summed E-state index contributed by atoms with van der Waals surface area (Å²) < 4.78 is 5.41. The van der Waals surface area contributed by atoms with E-state index in [0.29, 0.717) is 12.2 Å². The second-order valence-electron chi connectivity index (χ2n) is 3.41. The molecule has 0 unspecified atom stereocenters. The van der Waals surface area contributed by atoms with Gasteiger partial charge in [-0.15, -0.1) is 0 Å². The Balaban J connectivity index is 1.97. The molecular formula is C12H11N3O. The maximum atomic E-state index is 8.59. The number of anilines is 1. The van der Waals surface area contributed by atoms with Crippen molar-refractivity contribution < 1.29 is 4.42 Å². The third-order valence-corrected chi connectivity index (χ3v) is 2.14. The zero-order valence-corrected chi connectivity index (χ0v) is 8.90. The van der Waals surface area contributed by atoms with Gasteiger partial charge in [-0.3, -0.25) is 0 Å². The highest BCUT2D eigenvalue weighted by Gasteiger charge is 1.99. The van der Waals surface area contributed by atoms with Crippen LogP contribution in [0.1, 0.15) is 17.2 Å². The summed E-state index contributed by atoms with van der Waals surface area (Å²) in [5.41, 5.74) is 1.28. The highest BCUT2D eigenvalue weighted by Crippen LogP contribution is 2.10. The molecule has 0 fully saturated rings. The smallest absolute Gasteiger partial charge is 0.140 e. The summed E-state index contributed by atoms with van der Waals surface area (Å²) in [5, 5.41) is 11.8. The zero-order chi connectivity index (χ0) is 11.4. The topological polar surface area (TPSA) is 61.9 Å². The van der Waals surface area contributed by atoms with Gasteiger partial charge < -0.3 is 9.73 Å². The van der Waals surface area contributed by atoms with E-state index in [4.69, 9.17) is 9.68 Å². The molecule has 0 aromatic carbocycles. The van der Waals surface area contributed by atoms with Gasteiger partial charge in [0.25, 0.3) is 0 Å². The monoisotopic (exact) mass is 213 g/mol. The van der Waals surface area contributed by atoms with Crippen LogP contribution in [0.15, 0.2) is 34.9 Å². The third kappa shape index (κ3) is 2.39. The van der Waals surface area contributed by atoms with Gasteiger partial charge in [0.2, 0.25) is 0 Å². The normalized spacial score (nSPS) is 9.75. The summed E-state index contributed by atoms with van der Waals surface area (Å²) in [5.74, 6) is 1.77. The van der Waals surface area contributed by atoms with Crippen LogP contribution in [0.5, 0.6) is 0 Å². The van der Waals surface area contributed by atoms with Crippen LogP contribution >= 0.6 is 0 Å². The fraction of sp³-hybridized carbons (Fsp3) is 0.167. The molecule has 0 aliphatic heterocycles. The molecule has 0 bridgehead atoms. The highest BCUT2D eigenvalue weighted by atomic mass is 16.3. The molecule has 0 spiro atoms. The van der Waals surface area contributed by atoms with E-state index in [1.54, 1.807) is 12.3 Å². The van der Waals surface area contributed by atoms with Crippen LogP contribution in [0, 0.1) is 18.3 Å². The maximum absolute atomic E-state index is 8.59. The fourth-order valence-corrected chi connectivity index (χ4v) is 1.33. The number of furan rings is 1. The largest absolute Gasteiger partial charge is 0.465 e. The van der Waals surface area contributed by atoms with E-state index in [0.717, 1.165) is 17.2 Å². The van der Waals surface area contributed by atoms with Crippen molar-refractivity contribution in [3.05, 3.63) is 47.7 Å². The van der Waals surface area contributed by atoms with Crippen molar-refractivity contribution >= 4 is 5.69 Å². The lowest BCUT2D eigenvalue weighted by atomic mass is 10.3. The van der Waals surface area contributed by atoms with Gasteiger partial charge >= 0.3 is 0 Å². The summed E-state index contributed by atoms with van der Waals surface area (Å²) in [6.07, 6.45) is 1.63. The summed E-state index contributed by atoms with van der Waals surface area (Å²) >= 11 is 0. The van der Waals surface area contributed by atoms with Crippen LogP contribution in [-0.4, -0.2) is 4.98 Å². The maximum Gasteiger partial charge on any atom is 0.140 e. The molecule has 2 heterocycles. The average molecular weight is 213 g/mol. The third-order valence-electron chi connectivity index (χ3n) is 2.14. The molecule has 2 aromatic rings. The second-order valence-corrected chi connectivity index (χ2v) is 3.41. The summed E-state index contributed by atoms with van der Waals surface area (Å²) in [4.78, 5) is 3.96. The Labute approximate surface area is 93.5 Å². The zero-order valence-electron chi connectivity index (χ0n) is 8.90. The number of hydrogen-bond acceptors (Lipinski definition) is 4. The quantitative estimate of drug-likeness (QED) is 0.850. The van der Waals surface area contributed by atoms with Gasteiger partial charge in [-0.1, -0.05) is 0 Å². The van der Waals surface area contributed by atoms with E-state index in [1.165, 1.54) is 0 Å². The van der Waals surface area contributed by atoms with Crippen LogP contribution in [0.2, 0.25) is 0 Å². The molecule has 0 saturated heterocycles. The molecule has 0 radical (unpaired) electrons. The van der Waals surface area contributed by atoms with E-state index in [2.05, 4.69) is 10.3 Å². The van der Waals surface area contributed by atoms with E-state index in [-0.39, 0.29) is 0 Å². The van der Waals surface area contributed by atoms with Crippen molar-refractivity contribution in [3.63, 3.8) is 0 Å². The Hall–Kier alpha value is -2.28. The first-order valence-corrected chi connectivity index (χ1v) is 4.93. The van der Waals surface area contributed by atoms with Crippen molar-refractivity contribution in [2.75, 3.05) is 5.32 Å². The van der Waals surface area contributed by atoms with Gasteiger partial charge in [0.05, 0.1) is 18.4 Å². The molecule has 80 valence electrons. The first-order valence-electron chi connectivity index (χ1n) is 4.93. The Bertz CT molecular complexity index is 508. The lowest BCUT2D eigenvalue weighted by Crippen LogP contribution is -1.98. The number of nitrogens with one attached hydrogen (secondary N) is 1. The van der Waals surface area contributed by atoms with E-state index < -0.39 is 0 Å². The molecule has 2 aromatic heterocycles. The lowest BCUT2D eigenvalue weighted by molar-refractivity contribution is 0.490. The number of aromatic nitrogens is 1. The van der Waals surface area contributed by atoms with E-state index >= 15 is 0 Å². The first kappa shape index (κ1) is 10.2. The molecule has 0 aliphatic rings. The van der Waals surface area contributed by atoms with Crippen LogP contribution in [0.25, 0.3) is 0 Å². The number of nitriles is 1. The Kier molecular flexibility index (Phi) is 2.88. The molecule has 1 N–H and O–H groups in total. The minimum atomic E-state index is 0.416. The summed E-state index contributed by atoms with van der Waals surface area (Å²) in [7, 11) is 0. The molecule has 0 amide bonds. The van der Waals surface area contributed by atoms with Gasteiger partial charge in [0, 0.05) is 0 Å². The molecular weight excluding hydrogens is 202 g/mol. The van der Waals surface area contributed by atoms with Crippen molar-refractivity contribution in [1.82, 2.24) is 4.98 Å². The number of nitrogens with zero attached hydrogens (tertiary/aromatic N) is 2. The average Bonchev–Trinajstić information content (AvgIpc) is 2.73. The Morgan fingerprint density at radius 2 is 2.25 bits per heavy atom. The molecule has 16 heavy (non-hydrogen) atoms. The number of rotatable bonds is 3. The predicted octanol–water partition coefficient (Wildman–Crippen LogP) is 2.47. The standard InChI is InChI=1S/C12H11N3O/c1-9-2-5-12(16-9)8-15-11-4-3-10(6-13)14-7-11/h2-5,7,15H,8H2,1H3. The van der Waals surface area contributed by atoms with Crippen molar-refractivity contribution in [1.29, 1.82) is 5.26 Å². The van der Waals surface area contributed by atoms with Gasteiger partial charge in [0.15, 0.2) is 0 Å². The Morgan fingerprint density at radius 1 is 1.38 bits per heavy atom. The SMILES string of the molecule is Cc1ccc(CNc2ccc(C#N)nc2)o1. The molecule has 2 rings (SSSR count). The number of aryl methyl sites for hydroxylation is 1. The Morgan fingerprint density at radius 3 is 2.81 bits per heavy atom. The van der Waals surface area contributed by atoms with Crippen LogP contribution in [0.4, 0.5) is 5.69 Å². The van der Waals surface area contributed by atoms with Crippen LogP contribution in [0.3, 0.4) is 0 Å². The minimum absolute atomic E-state index is 0.416. The molecule has 4 nitrogen and oxygen atoms in total. The van der Waals surface area contributed by atoms with E-state index in [1.807, 2.05) is 31.2 Å². The van der Waals surface area contributed by atoms with Gasteiger partial charge in [-0.05, 0) is 31.2 Å². The fourth-order valence-electron chi connectivity index (χ4n) is 1.33. The van der Waals surface area contributed by atoms with E-state index in [9.17, 15) is 0 Å². The van der Waals surface area contributed by atoms with Gasteiger partial charge in [0.1, 0.15) is 23.3 Å². The first-order chi connectivity index (χ1) is 7.78. The minimum Gasteiger partial charge on any atom is -0.465 e. The lowest BCUT2D eigenvalue weighted by Gasteiger charge is -2.03. The van der Waals surface area contributed by atoms with Crippen molar-refractivity contribution in [2.24, 2.45) is 0 Å². The molecule has 0 aliphatic carbocycles. The van der Waals surface area contributed by atoms with Gasteiger partial charge in [-0.2, -0.15) is 5.26 Å². The number of pyridine rings is 1. The summed E-state index contributed by atoms with van der Waals surface area (Å²) in [6, 6.07) is 9.33. The van der Waals surface area contributed by atoms with Crippen LogP contribution < -0.4 is 5.32 Å². The van der Waals surface area contributed by atoms with Crippen LogP contribution in [-0.2, 0) is 6.54 Å². The number of hydrogen-bond donors (Lipinski definition) is 1. The predicted molar refractivity (Wildman–Crippen MR) is 59.7 cm³/mol. The van der Waals surface area contributed by atoms with Crippen molar-refractivity contribution in [2.45, 2.75) is 13.5 Å². The molecule has 0 atom stereocenters.